The summed E-state index contributed by atoms with van der Waals surface area (Å²) in [5.74, 6) is -0.518. The van der Waals surface area contributed by atoms with E-state index in [1.807, 2.05) is 24.3 Å². The summed E-state index contributed by atoms with van der Waals surface area (Å²) in [6, 6.07) is 14.0. The molecule has 3 aromatic rings. The van der Waals surface area contributed by atoms with E-state index in [9.17, 15) is 14.0 Å². The van der Waals surface area contributed by atoms with Crippen LogP contribution in [0.1, 0.15) is 36.6 Å². The zero-order chi connectivity index (χ0) is 19.8. The van der Waals surface area contributed by atoms with Crippen molar-refractivity contribution in [1.29, 1.82) is 0 Å². The first kappa shape index (κ1) is 18.4. The average molecular weight is 379 g/mol. The van der Waals surface area contributed by atoms with Crippen LogP contribution in [0.5, 0.6) is 0 Å². The molecule has 2 atom stereocenters. The van der Waals surface area contributed by atoms with E-state index in [4.69, 9.17) is 4.74 Å². The molecule has 0 unspecified atom stereocenters. The number of rotatable bonds is 3. The first-order valence-electron chi connectivity index (χ1n) is 9.55. The molecular weight excluding hydrogens is 357 g/mol. The van der Waals surface area contributed by atoms with E-state index in [1.165, 1.54) is 12.1 Å². The van der Waals surface area contributed by atoms with Gasteiger partial charge in [0.1, 0.15) is 11.6 Å². The first-order chi connectivity index (χ1) is 13.5. The van der Waals surface area contributed by atoms with Gasteiger partial charge in [-0.1, -0.05) is 30.3 Å². The fourth-order valence-electron chi connectivity index (χ4n) is 4.40. The van der Waals surface area contributed by atoms with Crippen molar-refractivity contribution in [1.82, 2.24) is 4.57 Å². The predicted octanol–water partition coefficient (Wildman–Crippen LogP) is 4.87. The zero-order valence-corrected chi connectivity index (χ0v) is 15.9. The molecule has 1 aromatic heterocycles. The van der Waals surface area contributed by atoms with E-state index >= 15 is 0 Å². The number of ether oxygens (including phenoxy) is 1. The van der Waals surface area contributed by atoms with Gasteiger partial charge in [0.05, 0.1) is 12.1 Å². The highest BCUT2D eigenvalue weighted by Gasteiger charge is 2.37. The molecule has 2 aromatic carbocycles. The Bertz CT molecular complexity index is 1050. The second-order valence-corrected chi connectivity index (χ2v) is 7.26. The van der Waals surface area contributed by atoms with Gasteiger partial charge in [0.2, 0.25) is 0 Å². The number of para-hydroxylation sites is 1. The Labute approximate surface area is 162 Å². The van der Waals surface area contributed by atoms with E-state index in [1.54, 1.807) is 30.5 Å². The molecular formula is C23H22FNO3. The molecule has 0 saturated heterocycles. The van der Waals surface area contributed by atoms with Gasteiger partial charge in [-0.3, -0.25) is 4.79 Å². The number of fused-ring (bicyclic) bond motifs is 3. The van der Waals surface area contributed by atoms with Gasteiger partial charge in [-0.15, -0.1) is 0 Å². The number of hydrogen-bond donors (Lipinski definition) is 0. The van der Waals surface area contributed by atoms with Crippen LogP contribution in [0.2, 0.25) is 0 Å². The molecule has 0 bridgehead atoms. The molecule has 4 nitrogen and oxygen atoms in total. The van der Waals surface area contributed by atoms with Crippen molar-refractivity contribution >= 4 is 22.8 Å². The summed E-state index contributed by atoms with van der Waals surface area (Å²) in [4.78, 5) is 25.2. The number of hydrogen-bond acceptors (Lipinski definition) is 3. The molecule has 1 aliphatic carbocycles. The zero-order valence-electron chi connectivity index (χ0n) is 15.9. The van der Waals surface area contributed by atoms with Crippen LogP contribution in [-0.2, 0) is 22.4 Å². The Kier molecular flexibility index (Phi) is 4.75. The Morgan fingerprint density at radius 3 is 2.50 bits per heavy atom. The number of benzene rings is 2. The topological polar surface area (TPSA) is 48.3 Å². The first-order valence-corrected chi connectivity index (χ1v) is 9.55. The van der Waals surface area contributed by atoms with Crippen LogP contribution in [0.3, 0.4) is 0 Å². The lowest BCUT2D eigenvalue weighted by Crippen LogP contribution is -2.30. The highest BCUT2D eigenvalue weighted by Crippen LogP contribution is 2.42. The van der Waals surface area contributed by atoms with Crippen LogP contribution in [0.25, 0.3) is 10.9 Å². The molecule has 4 rings (SSSR count). The van der Waals surface area contributed by atoms with E-state index < -0.39 is 6.09 Å². The SMILES string of the molecule is CCOC(=O)n1c2c(c3ccccc31)C[C@H](C(C)=O)[C@@H](c1ccc(F)cc1)C2. The van der Waals surface area contributed by atoms with Crippen LogP contribution in [0.4, 0.5) is 9.18 Å². The molecule has 0 aliphatic heterocycles. The second-order valence-electron chi connectivity index (χ2n) is 7.26. The number of carbonyl (C=O) groups is 2. The van der Waals surface area contributed by atoms with Crippen molar-refractivity contribution in [3.05, 3.63) is 71.2 Å². The second kappa shape index (κ2) is 7.23. The van der Waals surface area contributed by atoms with Gasteiger partial charge >= 0.3 is 6.09 Å². The fraction of sp³-hybridized carbons (Fsp3) is 0.304. The van der Waals surface area contributed by atoms with E-state index in [0.717, 1.165) is 27.7 Å². The third-order valence-corrected chi connectivity index (χ3v) is 5.68. The van der Waals surface area contributed by atoms with Crippen molar-refractivity contribution in [2.24, 2.45) is 5.92 Å². The third kappa shape index (κ3) is 3.01. The van der Waals surface area contributed by atoms with Gasteiger partial charge in [0.25, 0.3) is 0 Å². The molecule has 0 amide bonds. The minimum atomic E-state index is -0.404. The molecule has 28 heavy (non-hydrogen) atoms. The summed E-state index contributed by atoms with van der Waals surface area (Å²) in [6.07, 6.45) is 0.678. The maximum absolute atomic E-state index is 13.4. The largest absolute Gasteiger partial charge is 0.449 e. The maximum atomic E-state index is 13.4. The lowest BCUT2D eigenvalue weighted by molar-refractivity contribution is -0.121. The number of aromatic nitrogens is 1. The molecule has 144 valence electrons. The minimum Gasteiger partial charge on any atom is -0.449 e. The van der Waals surface area contributed by atoms with Crippen LogP contribution < -0.4 is 0 Å². The van der Waals surface area contributed by atoms with Crippen molar-refractivity contribution in [3.8, 4) is 0 Å². The molecule has 1 heterocycles. The van der Waals surface area contributed by atoms with Crippen molar-refractivity contribution < 1.29 is 18.7 Å². The normalized spacial score (nSPS) is 18.7. The minimum absolute atomic E-state index is 0.105. The predicted molar refractivity (Wildman–Crippen MR) is 105 cm³/mol. The fourth-order valence-corrected chi connectivity index (χ4v) is 4.40. The molecule has 0 fully saturated rings. The average Bonchev–Trinajstić information content (AvgIpc) is 3.01. The van der Waals surface area contributed by atoms with Crippen LogP contribution in [0.15, 0.2) is 48.5 Å². The van der Waals surface area contributed by atoms with E-state index in [-0.39, 0.29) is 30.0 Å². The smallest absolute Gasteiger partial charge is 0.418 e. The van der Waals surface area contributed by atoms with Gasteiger partial charge in [-0.2, -0.15) is 0 Å². The lowest BCUT2D eigenvalue weighted by atomic mass is 9.72. The molecule has 1 aliphatic rings. The maximum Gasteiger partial charge on any atom is 0.418 e. The molecule has 5 heteroatoms. The van der Waals surface area contributed by atoms with Gasteiger partial charge in [0.15, 0.2) is 0 Å². The summed E-state index contributed by atoms with van der Waals surface area (Å²) in [5, 5.41) is 0.981. The Morgan fingerprint density at radius 2 is 1.82 bits per heavy atom. The van der Waals surface area contributed by atoms with E-state index in [0.29, 0.717) is 12.8 Å². The van der Waals surface area contributed by atoms with Gasteiger partial charge in [-0.05, 0) is 61.9 Å². The number of halogens is 1. The number of carbonyl (C=O) groups excluding carboxylic acids is 2. The Balaban J connectivity index is 1.89. The standard InChI is InChI=1S/C23H22FNO3/c1-3-28-23(27)25-21-7-5-4-6-17(21)20-12-18(14(2)26)19(13-22(20)25)15-8-10-16(24)11-9-15/h4-11,18-19H,3,12-13H2,1-2H3/t18-,19-/m1/s1. The molecule has 0 radical (unpaired) electrons. The highest BCUT2D eigenvalue weighted by molar-refractivity contribution is 5.95. The van der Waals surface area contributed by atoms with Crippen LogP contribution in [-0.4, -0.2) is 23.1 Å². The van der Waals surface area contributed by atoms with Gasteiger partial charge < -0.3 is 4.74 Å². The van der Waals surface area contributed by atoms with Crippen molar-refractivity contribution in [2.45, 2.75) is 32.6 Å². The number of ketones is 1. The van der Waals surface area contributed by atoms with Gasteiger partial charge in [-0.25, -0.2) is 13.8 Å². The van der Waals surface area contributed by atoms with E-state index in [2.05, 4.69) is 0 Å². The summed E-state index contributed by atoms with van der Waals surface area (Å²) < 4.78 is 20.3. The molecule has 0 spiro atoms. The van der Waals surface area contributed by atoms with Crippen LogP contribution in [0, 0.1) is 11.7 Å². The highest BCUT2D eigenvalue weighted by atomic mass is 19.1. The van der Waals surface area contributed by atoms with Crippen molar-refractivity contribution in [3.63, 3.8) is 0 Å². The van der Waals surface area contributed by atoms with Gasteiger partial charge in [0, 0.05) is 17.0 Å². The van der Waals surface area contributed by atoms with Crippen LogP contribution >= 0.6 is 0 Å². The summed E-state index contributed by atoms with van der Waals surface area (Å²) in [5.41, 5.74) is 3.62. The number of nitrogens with zero attached hydrogens (tertiary/aromatic N) is 1. The Hall–Kier alpha value is -2.95. The quantitative estimate of drug-likeness (QED) is 0.652. The summed E-state index contributed by atoms with van der Waals surface area (Å²) in [7, 11) is 0. The Morgan fingerprint density at radius 1 is 1.11 bits per heavy atom. The molecule has 0 saturated carbocycles. The molecule has 0 N–H and O–H groups in total. The lowest BCUT2D eigenvalue weighted by Gasteiger charge is -2.31. The van der Waals surface area contributed by atoms with Crippen molar-refractivity contribution in [2.75, 3.05) is 6.61 Å². The summed E-state index contributed by atoms with van der Waals surface area (Å²) in [6.45, 7) is 3.68. The third-order valence-electron chi connectivity index (χ3n) is 5.68. The number of Topliss-reactive ketones (excluding diaryl/α,β-unsaturated/α-hetero) is 1. The summed E-state index contributed by atoms with van der Waals surface area (Å²) >= 11 is 0. The monoisotopic (exact) mass is 379 g/mol.